The standard InChI is InChI=1S/C19H19N3O3/c23-17-14-5-1-2-7-16(14)25-13-19(21-17)8-11-22(12-9-19)18(24)15-6-3-4-10-20-15/h1-7,10H,8-9,11-13H2,(H,21,23). The van der Waals surface area contributed by atoms with Gasteiger partial charge in [0.2, 0.25) is 0 Å². The SMILES string of the molecule is O=C1NC2(CCN(C(=O)c3ccccn3)CC2)COc2ccccc21. The van der Waals surface area contributed by atoms with Crippen LogP contribution >= 0.6 is 0 Å². The van der Waals surface area contributed by atoms with Crippen LogP contribution in [0.1, 0.15) is 33.7 Å². The summed E-state index contributed by atoms with van der Waals surface area (Å²) >= 11 is 0. The summed E-state index contributed by atoms with van der Waals surface area (Å²) < 4.78 is 5.89. The molecule has 0 aliphatic carbocycles. The maximum absolute atomic E-state index is 12.5. The lowest BCUT2D eigenvalue weighted by Gasteiger charge is -2.40. The molecule has 2 amide bonds. The van der Waals surface area contributed by atoms with Crippen molar-refractivity contribution in [3.8, 4) is 5.75 Å². The van der Waals surface area contributed by atoms with Crippen molar-refractivity contribution < 1.29 is 14.3 Å². The Hall–Kier alpha value is -2.89. The molecule has 6 nitrogen and oxygen atoms in total. The van der Waals surface area contributed by atoms with Crippen LogP contribution in [0.15, 0.2) is 48.7 Å². The highest BCUT2D eigenvalue weighted by Crippen LogP contribution is 2.30. The quantitative estimate of drug-likeness (QED) is 0.862. The predicted octanol–water partition coefficient (Wildman–Crippen LogP) is 1.88. The van der Waals surface area contributed by atoms with Gasteiger partial charge >= 0.3 is 0 Å². The molecule has 1 saturated heterocycles. The number of ether oxygens (including phenoxy) is 1. The van der Waals surface area contributed by atoms with E-state index in [-0.39, 0.29) is 11.8 Å². The minimum atomic E-state index is -0.434. The molecule has 0 bridgehead atoms. The molecule has 0 unspecified atom stereocenters. The fraction of sp³-hybridized carbons (Fsp3) is 0.316. The Morgan fingerprint density at radius 2 is 1.88 bits per heavy atom. The van der Waals surface area contributed by atoms with Gasteiger partial charge in [0, 0.05) is 19.3 Å². The number of amides is 2. The van der Waals surface area contributed by atoms with E-state index in [9.17, 15) is 9.59 Å². The third kappa shape index (κ3) is 2.95. The maximum atomic E-state index is 12.5. The summed E-state index contributed by atoms with van der Waals surface area (Å²) in [6, 6.07) is 12.6. The van der Waals surface area contributed by atoms with Crippen molar-refractivity contribution in [1.82, 2.24) is 15.2 Å². The van der Waals surface area contributed by atoms with Crippen LogP contribution < -0.4 is 10.1 Å². The normalized spacial score (nSPS) is 18.7. The largest absolute Gasteiger partial charge is 0.490 e. The van der Waals surface area contributed by atoms with Gasteiger partial charge in [-0.25, -0.2) is 0 Å². The fourth-order valence-electron chi connectivity index (χ4n) is 3.40. The number of hydrogen-bond donors (Lipinski definition) is 1. The molecule has 2 aliphatic heterocycles. The molecule has 2 aromatic rings. The molecule has 3 heterocycles. The number of nitrogens with one attached hydrogen (secondary N) is 1. The molecule has 1 aromatic heterocycles. The van der Waals surface area contributed by atoms with E-state index in [1.54, 1.807) is 29.3 Å². The van der Waals surface area contributed by atoms with Gasteiger partial charge in [-0.05, 0) is 37.1 Å². The zero-order valence-corrected chi connectivity index (χ0v) is 13.8. The van der Waals surface area contributed by atoms with Crippen LogP contribution in [-0.4, -0.2) is 46.9 Å². The van der Waals surface area contributed by atoms with Gasteiger partial charge in [0.1, 0.15) is 18.1 Å². The van der Waals surface area contributed by atoms with Crippen LogP contribution in [-0.2, 0) is 0 Å². The number of piperidine rings is 1. The van der Waals surface area contributed by atoms with Crippen molar-refractivity contribution in [2.24, 2.45) is 0 Å². The Bertz CT molecular complexity index is 799. The van der Waals surface area contributed by atoms with Gasteiger partial charge in [-0.15, -0.1) is 0 Å². The van der Waals surface area contributed by atoms with Crippen molar-refractivity contribution in [2.75, 3.05) is 19.7 Å². The van der Waals surface area contributed by atoms with E-state index >= 15 is 0 Å². The molecule has 128 valence electrons. The minimum Gasteiger partial charge on any atom is -0.490 e. The molecule has 0 radical (unpaired) electrons. The number of pyridine rings is 1. The van der Waals surface area contributed by atoms with Crippen molar-refractivity contribution in [1.29, 1.82) is 0 Å². The predicted molar refractivity (Wildman–Crippen MR) is 91.5 cm³/mol. The Morgan fingerprint density at radius 3 is 2.64 bits per heavy atom. The van der Waals surface area contributed by atoms with Crippen LogP contribution in [0.4, 0.5) is 0 Å². The average molecular weight is 337 g/mol. The Labute approximate surface area is 145 Å². The van der Waals surface area contributed by atoms with E-state index in [1.165, 1.54) is 0 Å². The van der Waals surface area contributed by atoms with Crippen LogP contribution in [0.5, 0.6) is 5.75 Å². The highest BCUT2D eigenvalue weighted by atomic mass is 16.5. The minimum absolute atomic E-state index is 0.0698. The summed E-state index contributed by atoms with van der Waals surface area (Å²) in [5.41, 5.74) is 0.579. The molecule has 6 heteroatoms. The number of benzene rings is 1. The maximum Gasteiger partial charge on any atom is 0.272 e. The van der Waals surface area contributed by atoms with Crippen LogP contribution in [0.3, 0.4) is 0 Å². The van der Waals surface area contributed by atoms with Crippen LogP contribution in [0, 0.1) is 0 Å². The van der Waals surface area contributed by atoms with E-state index in [2.05, 4.69) is 10.3 Å². The highest BCUT2D eigenvalue weighted by molar-refractivity contribution is 5.98. The molecular weight excluding hydrogens is 318 g/mol. The fourth-order valence-corrected chi connectivity index (χ4v) is 3.40. The first-order valence-electron chi connectivity index (χ1n) is 8.42. The van der Waals surface area contributed by atoms with Gasteiger partial charge < -0.3 is 15.0 Å². The molecular formula is C19H19N3O3. The monoisotopic (exact) mass is 337 g/mol. The number of fused-ring (bicyclic) bond motifs is 1. The second-order valence-electron chi connectivity index (χ2n) is 6.53. The Balaban J connectivity index is 1.47. The zero-order chi connectivity index (χ0) is 17.3. The van der Waals surface area contributed by atoms with Gasteiger partial charge in [0.15, 0.2) is 0 Å². The van der Waals surface area contributed by atoms with Gasteiger partial charge in [-0.3, -0.25) is 14.6 Å². The van der Waals surface area contributed by atoms with E-state index in [1.807, 2.05) is 24.3 Å². The number of para-hydroxylation sites is 1. The van der Waals surface area contributed by atoms with E-state index in [0.717, 1.165) is 0 Å². The Morgan fingerprint density at radius 1 is 1.12 bits per heavy atom. The third-order valence-electron chi connectivity index (χ3n) is 4.91. The van der Waals surface area contributed by atoms with Crippen molar-refractivity contribution in [3.63, 3.8) is 0 Å². The first kappa shape index (κ1) is 15.6. The molecule has 25 heavy (non-hydrogen) atoms. The number of likely N-dealkylation sites (tertiary alicyclic amines) is 1. The number of aromatic nitrogens is 1. The number of carbonyl (C=O) groups is 2. The molecule has 1 N–H and O–H groups in total. The number of rotatable bonds is 1. The number of nitrogens with zero attached hydrogens (tertiary/aromatic N) is 2. The number of carbonyl (C=O) groups excluding carboxylic acids is 2. The van der Waals surface area contributed by atoms with Gasteiger partial charge in [0.05, 0.1) is 11.1 Å². The van der Waals surface area contributed by atoms with E-state index < -0.39 is 5.54 Å². The summed E-state index contributed by atoms with van der Waals surface area (Å²) in [6.07, 6.45) is 2.94. The van der Waals surface area contributed by atoms with Crippen LogP contribution in [0.25, 0.3) is 0 Å². The summed E-state index contributed by atoms with van der Waals surface area (Å²) in [4.78, 5) is 31.0. The van der Waals surface area contributed by atoms with E-state index in [4.69, 9.17) is 4.74 Å². The lowest BCUT2D eigenvalue weighted by atomic mass is 9.88. The first-order valence-corrected chi connectivity index (χ1v) is 8.42. The van der Waals surface area contributed by atoms with Gasteiger partial charge in [0.25, 0.3) is 11.8 Å². The molecule has 1 aromatic carbocycles. The second-order valence-corrected chi connectivity index (χ2v) is 6.53. The lowest BCUT2D eigenvalue weighted by Crippen LogP contribution is -2.58. The number of hydrogen-bond acceptors (Lipinski definition) is 4. The first-order chi connectivity index (χ1) is 12.2. The summed E-state index contributed by atoms with van der Waals surface area (Å²) in [5, 5.41) is 3.13. The molecule has 2 aliphatic rings. The summed E-state index contributed by atoms with van der Waals surface area (Å²) in [5.74, 6) is 0.432. The lowest BCUT2D eigenvalue weighted by molar-refractivity contribution is 0.0551. The molecule has 0 atom stereocenters. The summed E-state index contributed by atoms with van der Waals surface area (Å²) in [7, 11) is 0. The van der Waals surface area contributed by atoms with Crippen molar-refractivity contribution in [3.05, 3.63) is 59.9 Å². The molecule has 4 rings (SSSR count). The Kier molecular flexibility index (Phi) is 3.87. The van der Waals surface area contributed by atoms with Crippen molar-refractivity contribution in [2.45, 2.75) is 18.4 Å². The summed E-state index contributed by atoms with van der Waals surface area (Å²) in [6.45, 7) is 1.55. The van der Waals surface area contributed by atoms with Crippen LogP contribution in [0.2, 0.25) is 0 Å². The molecule has 1 spiro atoms. The zero-order valence-electron chi connectivity index (χ0n) is 13.8. The smallest absolute Gasteiger partial charge is 0.272 e. The third-order valence-corrected chi connectivity index (χ3v) is 4.91. The second kappa shape index (κ2) is 6.20. The molecule has 0 saturated carbocycles. The van der Waals surface area contributed by atoms with Gasteiger partial charge in [-0.2, -0.15) is 0 Å². The molecule has 1 fully saturated rings. The average Bonchev–Trinajstić information content (AvgIpc) is 2.80. The van der Waals surface area contributed by atoms with Gasteiger partial charge in [-0.1, -0.05) is 18.2 Å². The topological polar surface area (TPSA) is 71.5 Å². The highest BCUT2D eigenvalue weighted by Gasteiger charge is 2.40. The van der Waals surface area contributed by atoms with Crippen molar-refractivity contribution >= 4 is 11.8 Å². The van der Waals surface area contributed by atoms with E-state index in [0.29, 0.717) is 49.5 Å².